The lowest BCUT2D eigenvalue weighted by atomic mass is 9.95. The zero-order chi connectivity index (χ0) is 54.9. The van der Waals surface area contributed by atoms with Gasteiger partial charge in [-0.25, -0.2) is 0 Å². The van der Waals surface area contributed by atoms with Gasteiger partial charge in [-0.05, 0) is 171 Å². The van der Waals surface area contributed by atoms with E-state index in [0.29, 0.717) is 33.6 Å². The minimum absolute atomic E-state index is 0.294. The second kappa shape index (κ2) is 19.6. The van der Waals surface area contributed by atoms with Crippen molar-refractivity contribution in [1.29, 1.82) is 0 Å². The van der Waals surface area contributed by atoms with Crippen LogP contribution >= 0.6 is 0 Å². The van der Waals surface area contributed by atoms with E-state index in [1.54, 1.807) is 24.3 Å². The maximum Gasteiger partial charge on any atom is 0.416 e. The van der Waals surface area contributed by atoms with Crippen molar-refractivity contribution in [3.63, 3.8) is 0 Å². The van der Waals surface area contributed by atoms with Crippen molar-refractivity contribution in [1.82, 2.24) is 9.13 Å². The average Bonchev–Trinajstić information content (AvgIpc) is 4.02. The van der Waals surface area contributed by atoms with Crippen LogP contribution in [-0.4, -0.2) is 9.13 Å². The molecule has 0 saturated heterocycles. The van der Waals surface area contributed by atoms with Gasteiger partial charge in [0.15, 0.2) is 0 Å². The average molecular weight is 1060 g/mol. The highest BCUT2D eigenvalue weighted by atomic mass is 19.4. The molecule has 13 aromatic rings. The van der Waals surface area contributed by atoms with Gasteiger partial charge in [-0.15, -0.1) is 0 Å². The second-order valence-electron chi connectivity index (χ2n) is 20.2. The molecule has 0 fully saturated rings. The molecule has 0 spiro atoms. The molecule has 390 valence electrons. The Labute approximate surface area is 457 Å². The number of hydrogen-bond donors (Lipinski definition) is 0. The van der Waals surface area contributed by atoms with Crippen LogP contribution in [0.5, 0.6) is 0 Å². The summed E-state index contributed by atoms with van der Waals surface area (Å²) in [6.45, 7) is 4.02. The molecule has 4 nitrogen and oxygen atoms in total. The molecule has 11 aromatic carbocycles. The van der Waals surface area contributed by atoms with Crippen molar-refractivity contribution < 1.29 is 26.3 Å². The molecule has 0 radical (unpaired) electrons. The topological polar surface area (TPSA) is 16.3 Å². The predicted octanol–water partition coefficient (Wildman–Crippen LogP) is 20.8. The van der Waals surface area contributed by atoms with Crippen LogP contribution < -0.4 is 9.80 Å². The number of anilines is 6. The Kier molecular flexibility index (Phi) is 12.2. The zero-order valence-electron chi connectivity index (χ0n) is 43.3. The summed E-state index contributed by atoms with van der Waals surface area (Å²) in [5.41, 5.74) is 11.6. The van der Waals surface area contributed by atoms with Gasteiger partial charge >= 0.3 is 12.4 Å². The molecule has 0 bridgehead atoms. The number of para-hydroxylation sites is 4. The first-order valence-electron chi connectivity index (χ1n) is 26.2. The van der Waals surface area contributed by atoms with E-state index in [1.165, 1.54) is 12.1 Å². The van der Waals surface area contributed by atoms with E-state index in [0.717, 1.165) is 113 Å². The third-order valence-corrected chi connectivity index (χ3v) is 15.0. The number of fused-ring (bicyclic) bond motifs is 6. The van der Waals surface area contributed by atoms with Crippen LogP contribution in [-0.2, 0) is 12.4 Å². The van der Waals surface area contributed by atoms with E-state index in [1.807, 2.05) is 193 Å². The van der Waals surface area contributed by atoms with Crippen LogP contribution in [0.25, 0.3) is 77.2 Å². The Morgan fingerprint density at radius 1 is 0.287 bits per heavy atom. The molecular weight excluding hydrogens is 1010 g/mol. The lowest BCUT2D eigenvalue weighted by Crippen LogP contribution is -2.09. The number of hydrogen-bond acceptors (Lipinski definition) is 2. The summed E-state index contributed by atoms with van der Waals surface area (Å²) in [5.74, 6) is 0. The molecule has 0 aliphatic rings. The van der Waals surface area contributed by atoms with E-state index in [-0.39, 0.29) is 0 Å². The molecule has 13 rings (SSSR count). The largest absolute Gasteiger partial charge is 0.416 e. The van der Waals surface area contributed by atoms with Crippen LogP contribution in [0.4, 0.5) is 60.5 Å². The summed E-state index contributed by atoms with van der Waals surface area (Å²) >= 11 is 0. The van der Waals surface area contributed by atoms with Gasteiger partial charge in [0.05, 0.1) is 44.6 Å². The predicted molar refractivity (Wildman–Crippen MR) is 315 cm³/mol. The number of aryl methyl sites for hydroxylation is 2. The standard InChI is InChI=1S/C70H48F6N4/c1-45-23-33-65-59(39-45)61-43-55(77(51-15-7-3-8-16-51)52-17-9-4-10-18-52)31-37-67(61)79(65)63-35-29-49(69(71,72)73)41-57(63)47-25-27-48(28-26-47)58-42-50(70(74,75)76)30-36-64(58)80-66-34-24-46(2)40-60(66)62-44-56(32-38-68(62)80)78(53-19-11-5-12-20-53)54-21-13-6-14-22-54/h3-44H,1-2H3. The summed E-state index contributed by atoms with van der Waals surface area (Å²) in [6.07, 6.45) is -9.34. The van der Waals surface area contributed by atoms with E-state index in [2.05, 4.69) is 34.1 Å². The van der Waals surface area contributed by atoms with Crippen LogP contribution in [0.15, 0.2) is 255 Å². The Hall–Kier alpha value is -9.80. The van der Waals surface area contributed by atoms with E-state index >= 15 is 0 Å². The molecule has 0 aliphatic carbocycles. The molecule has 2 aromatic heterocycles. The molecule has 80 heavy (non-hydrogen) atoms. The first-order valence-corrected chi connectivity index (χ1v) is 26.2. The second-order valence-corrected chi connectivity index (χ2v) is 20.2. The fraction of sp³-hybridized carbons (Fsp3) is 0.0571. The zero-order valence-corrected chi connectivity index (χ0v) is 43.3. The fourth-order valence-corrected chi connectivity index (χ4v) is 11.4. The van der Waals surface area contributed by atoms with Crippen molar-refractivity contribution in [3.05, 3.63) is 277 Å². The monoisotopic (exact) mass is 1060 g/mol. The molecule has 0 unspecified atom stereocenters. The quantitative estimate of drug-likeness (QED) is 0.127. The highest BCUT2D eigenvalue weighted by molar-refractivity contribution is 6.13. The minimum atomic E-state index is -4.67. The number of aromatic nitrogens is 2. The van der Waals surface area contributed by atoms with E-state index in [9.17, 15) is 26.3 Å². The van der Waals surface area contributed by atoms with Gasteiger partial charge in [-0.1, -0.05) is 120 Å². The molecule has 10 heteroatoms. The van der Waals surface area contributed by atoms with Crippen LogP contribution in [0, 0.1) is 13.8 Å². The van der Waals surface area contributed by atoms with Crippen LogP contribution in [0.3, 0.4) is 0 Å². The highest BCUT2D eigenvalue weighted by Crippen LogP contribution is 2.46. The number of halogens is 6. The normalized spacial score (nSPS) is 12.0. The summed E-state index contributed by atoms with van der Waals surface area (Å²) in [5, 5.41) is 3.64. The number of nitrogens with zero attached hydrogens (tertiary/aromatic N) is 4. The Bertz CT molecular complexity index is 4090. The van der Waals surface area contributed by atoms with Gasteiger partial charge in [0.1, 0.15) is 0 Å². The minimum Gasteiger partial charge on any atom is -0.310 e. The van der Waals surface area contributed by atoms with Crippen molar-refractivity contribution in [2.45, 2.75) is 26.2 Å². The molecule has 0 amide bonds. The first-order chi connectivity index (χ1) is 38.8. The molecule has 0 N–H and O–H groups in total. The number of rotatable bonds is 10. The smallest absolute Gasteiger partial charge is 0.310 e. The molecule has 0 saturated carbocycles. The summed E-state index contributed by atoms with van der Waals surface area (Å²) < 4.78 is 93.2. The van der Waals surface area contributed by atoms with E-state index in [4.69, 9.17) is 0 Å². The van der Waals surface area contributed by atoms with Crippen molar-refractivity contribution in [2.75, 3.05) is 9.80 Å². The SMILES string of the molecule is Cc1ccc2c(c1)c1cc(N(c3ccccc3)c3ccccc3)ccc1n2-c1ccc(C(F)(F)F)cc1-c1ccc(-c2cc(C(F)(F)F)ccc2-n2c3ccc(C)cc3c3cc(N(c4ccccc4)c4ccccc4)ccc32)cc1. The summed E-state index contributed by atoms with van der Waals surface area (Å²) in [4.78, 5) is 4.34. The van der Waals surface area contributed by atoms with Crippen LogP contribution in [0.2, 0.25) is 0 Å². The summed E-state index contributed by atoms with van der Waals surface area (Å²) in [7, 11) is 0. The molecular formula is C70H48F6N4. The lowest BCUT2D eigenvalue weighted by molar-refractivity contribution is -0.138. The van der Waals surface area contributed by atoms with Gasteiger partial charge in [0.2, 0.25) is 0 Å². The van der Waals surface area contributed by atoms with Crippen LogP contribution in [0.1, 0.15) is 22.3 Å². The van der Waals surface area contributed by atoms with Crippen molar-refractivity contribution >= 4 is 77.7 Å². The molecule has 0 aliphatic heterocycles. The number of alkyl halides is 6. The third-order valence-electron chi connectivity index (χ3n) is 15.0. The van der Waals surface area contributed by atoms with Crippen molar-refractivity contribution in [2.24, 2.45) is 0 Å². The Balaban J connectivity index is 0.971. The van der Waals surface area contributed by atoms with Gasteiger partial charge in [0.25, 0.3) is 0 Å². The molecule has 2 heterocycles. The van der Waals surface area contributed by atoms with Gasteiger partial charge < -0.3 is 18.9 Å². The highest BCUT2D eigenvalue weighted by Gasteiger charge is 2.33. The van der Waals surface area contributed by atoms with Crippen molar-refractivity contribution in [3.8, 4) is 33.6 Å². The maximum atomic E-state index is 14.9. The van der Waals surface area contributed by atoms with Gasteiger partial charge in [0, 0.05) is 66.8 Å². The fourth-order valence-electron chi connectivity index (χ4n) is 11.4. The van der Waals surface area contributed by atoms with E-state index < -0.39 is 23.5 Å². The first kappa shape index (κ1) is 49.8. The van der Waals surface area contributed by atoms with Gasteiger partial charge in [-0.3, -0.25) is 0 Å². The third kappa shape index (κ3) is 8.88. The Morgan fingerprint density at radius 2 is 0.588 bits per heavy atom. The maximum absolute atomic E-state index is 14.9. The lowest BCUT2D eigenvalue weighted by Gasteiger charge is -2.25. The summed E-state index contributed by atoms with van der Waals surface area (Å²) in [6, 6.07) is 79.1. The van der Waals surface area contributed by atoms with Gasteiger partial charge in [-0.2, -0.15) is 26.3 Å². The number of benzene rings is 11. The Morgan fingerprint density at radius 3 is 0.900 bits per heavy atom. The molecule has 0 atom stereocenters.